The van der Waals surface area contributed by atoms with Gasteiger partial charge in [-0.05, 0) is 36.2 Å². The van der Waals surface area contributed by atoms with Crippen LogP contribution in [0, 0.1) is 0 Å². The van der Waals surface area contributed by atoms with Crippen molar-refractivity contribution in [3.63, 3.8) is 0 Å². The number of halogens is 2. The molecule has 1 atom stereocenters. The Morgan fingerprint density at radius 3 is 2.15 bits per heavy atom. The Morgan fingerprint density at radius 1 is 0.889 bits per heavy atom. The second kappa shape index (κ2) is 9.74. The summed E-state index contributed by atoms with van der Waals surface area (Å²) in [5.74, 6) is -0.139. The molecule has 5 nitrogen and oxygen atoms in total. The number of carbonyl (C=O) groups is 2. The van der Waals surface area contributed by atoms with Crippen LogP contribution in [0.1, 0.15) is 28.4 Å². The summed E-state index contributed by atoms with van der Waals surface area (Å²) in [7, 11) is 0. The smallest absolute Gasteiger partial charge is 0.253 e. The second-order valence-electron chi connectivity index (χ2n) is 6.37. The molecule has 1 heterocycles. The average Bonchev–Trinajstić information content (AvgIpc) is 2.94. The van der Waals surface area contributed by atoms with Gasteiger partial charge >= 0.3 is 0 Å². The third-order valence-corrected chi connectivity index (χ3v) is 4.86. The zero-order valence-electron chi connectivity index (χ0n) is 14.9. The molecule has 3 rings (SSSR count). The monoisotopic (exact) mass is 407 g/mol. The van der Waals surface area contributed by atoms with Crippen LogP contribution in [0.5, 0.6) is 0 Å². The van der Waals surface area contributed by atoms with Crippen molar-refractivity contribution >= 4 is 35.8 Å². The molecule has 1 unspecified atom stereocenters. The van der Waals surface area contributed by atoms with Crippen LogP contribution in [0.3, 0.4) is 0 Å². The highest BCUT2D eigenvalue weighted by Gasteiger charge is 2.26. The van der Waals surface area contributed by atoms with E-state index in [9.17, 15) is 9.59 Å². The third kappa shape index (κ3) is 5.22. The molecule has 2 aromatic rings. The largest absolute Gasteiger partial charge is 0.339 e. The molecule has 0 bridgehead atoms. The van der Waals surface area contributed by atoms with Gasteiger partial charge in [0.15, 0.2) is 0 Å². The number of carbonyl (C=O) groups excluding carboxylic acids is 2. The topological polar surface area (TPSA) is 66.6 Å². The van der Waals surface area contributed by atoms with Crippen molar-refractivity contribution in [2.45, 2.75) is 12.5 Å². The molecule has 1 aliphatic rings. The fourth-order valence-corrected chi connectivity index (χ4v) is 3.24. The van der Waals surface area contributed by atoms with E-state index in [1.165, 1.54) is 0 Å². The van der Waals surface area contributed by atoms with Gasteiger partial charge in [-0.3, -0.25) is 9.59 Å². The maximum absolute atomic E-state index is 12.7. The molecule has 0 aromatic heterocycles. The first-order valence-corrected chi connectivity index (χ1v) is 9.08. The lowest BCUT2D eigenvalue weighted by Crippen LogP contribution is -2.41. The fourth-order valence-electron chi connectivity index (χ4n) is 3.12. The minimum atomic E-state index is -0.672. The number of nitrogens with zero attached hydrogens (tertiary/aromatic N) is 2. The summed E-state index contributed by atoms with van der Waals surface area (Å²) in [4.78, 5) is 28.9. The summed E-state index contributed by atoms with van der Waals surface area (Å²) in [5, 5.41) is 0.601. The number of benzene rings is 2. The summed E-state index contributed by atoms with van der Waals surface area (Å²) in [6.07, 6.45) is 0.729. The van der Waals surface area contributed by atoms with Gasteiger partial charge in [0.1, 0.15) is 6.04 Å². The van der Waals surface area contributed by atoms with Crippen molar-refractivity contribution in [2.24, 2.45) is 5.73 Å². The fraction of sp³-hybridized carbons (Fsp3) is 0.300. The van der Waals surface area contributed by atoms with Gasteiger partial charge in [-0.1, -0.05) is 41.9 Å². The van der Waals surface area contributed by atoms with Crippen molar-refractivity contribution in [3.8, 4) is 0 Å². The molecule has 1 saturated heterocycles. The Morgan fingerprint density at radius 2 is 1.48 bits per heavy atom. The van der Waals surface area contributed by atoms with Crippen LogP contribution in [-0.4, -0.2) is 47.8 Å². The predicted octanol–water partition coefficient (Wildman–Crippen LogP) is 3.14. The summed E-state index contributed by atoms with van der Waals surface area (Å²) < 4.78 is 0. The number of hydrogen-bond donors (Lipinski definition) is 1. The maximum atomic E-state index is 12.7. The average molecular weight is 408 g/mol. The first-order valence-electron chi connectivity index (χ1n) is 8.70. The molecule has 27 heavy (non-hydrogen) atoms. The van der Waals surface area contributed by atoms with Crippen LogP contribution in [0.2, 0.25) is 5.02 Å². The molecule has 1 fully saturated rings. The van der Waals surface area contributed by atoms with Crippen molar-refractivity contribution in [1.82, 2.24) is 9.80 Å². The quantitative estimate of drug-likeness (QED) is 0.849. The Labute approximate surface area is 170 Å². The first-order chi connectivity index (χ1) is 12.6. The van der Waals surface area contributed by atoms with Gasteiger partial charge in [-0.25, -0.2) is 0 Å². The third-order valence-electron chi connectivity index (χ3n) is 4.61. The van der Waals surface area contributed by atoms with Gasteiger partial charge in [0.05, 0.1) is 0 Å². The van der Waals surface area contributed by atoms with Crippen LogP contribution in [0.4, 0.5) is 0 Å². The Bertz CT molecular complexity index is 769. The molecule has 0 spiro atoms. The van der Waals surface area contributed by atoms with E-state index < -0.39 is 6.04 Å². The highest BCUT2D eigenvalue weighted by atomic mass is 35.5. The van der Waals surface area contributed by atoms with E-state index in [-0.39, 0.29) is 24.2 Å². The van der Waals surface area contributed by atoms with Crippen LogP contribution < -0.4 is 5.73 Å². The lowest BCUT2D eigenvalue weighted by molar-refractivity contribution is -0.132. The molecule has 2 aromatic carbocycles. The van der Waals surface area contributed by atoms with Gasteiger partial charge in [0, 0.05) is 36.8 Å². The van der Waals surface area contributed by atoms with Crippen molar-refractivity contribution in [3.05, 3.63) is 70.7 Å². The zero-order chi connectivity index (χ0) is 18.5. The Hall–Kier alpha value is -2.08. The lowest BCUT2D eigenvalue weighted by Gasteiger charge is -2.25. The molecule has 7 heteroatoms. The van der Waals surface area contributed by atoms with Crippen LogP contribution in [-0.2, 0) is 4.79 Å². The van der Waals surface area contributed by atoms with E-state index in [0.717, 1.165) is 12.0 Å². The molecule has 2 amide bonds. The van der Waals surface area contributed by atoms with Crippen LogP contribution in [0.15, 0.2) is 54.6 Å². The molecular weight excluding hydrogens is 385 g/mol. The standard InChI is InChI=1S/C20H22ClN3O2.ClH/c21-17-9-7-16(8-10-17)19(25)23-11-4-12-24(14-13-23)20(26)18(22)15-5-2-1-3-6-15;/h1-3,5-10,18H,4,11-14,22H2;1H. The normalized spacial score (nSPS) is 15.5. The molecule has 0 saturated carbocycles. The molecular formula is C20H23Cl2N3O2. The van der Waals surface area contributed by atoms with E-state index >= 15 is 0 Å². The minimum absolute atomic E-state index is 0. The molecule has 0 aliphatic carbocycles. The Balaban J connectivity index is 0.00000261. The van der Waals surface area contributed by atoms with Crippen molar-refractivity contribution < 1.29 is 9.59 Å². The summed E-state index contributed by atoms with van der Waals surface area (Å²) in [6.45, 7) is 2.20. The van der Waals surface area contributed by atoms with E-state index in [2.05, 4.69) is 0 Å². The molecule has 1 aliphatic heterocycles. The highest BCUT2D eigenvalue weighted by Crippen LogP contribution is 2.16. The lowest BCUT2D eigenvalue weighted by atomic mass is 10.1. The number of hydrogen-bond acceptors (Lipinski definition) is 3. The minimum Gasteiger partial charge on any atom is -0.339 e. The summed E-state index contributed by atoms with van der Waals surface area (Å²) >= 11 is 5.88. The second-order valence-corrected chi connectivity index (χ2v) is 6.80. The molecule has 144 valence electrons. The summed E-state index contributed by atoms with van der Waals surface area (Å²) in [6, 6.07) is 15.6. The van der Waals surface area contributed by atoms with Gasteiger partial charge in [0.25, 0.3) is 5.91 Å². The van der Waals surface area contributed by atoms with Gasteiger partial charge in [0.2, 0.25) is 5.91 Å². The zero-order valence-corrected chi connectivity index (χ0v) is 16.5. The maximum Gasteiger partial charge on any atom is 0.253 e. The van der Waals surface area contributed by atoms with E-state index in [1.807, 2.05) is 30.3 Å². The number of amides is 2. The number of rotatable bonds is 3. The van der Waals surface area contributed by atoms with E-state index in [0.29, 0.717) is 36.8 Å². The molecule has 0 radical (unpaired) electrons. The SMILES string of the molecule is Cl.NC(C(=O)N1CCCN(C(=O)c2ccc(Cl)cc2)CC1)c1ccccc1. The summed E-state index contributed by atoms with van der Waals surface area (Å²) in [5.41, 5.74) is 7.54. The van der Waals surface area contributed by atoms with Crippen LogP contribution in [0.25, 0.3) is 0 Å². The van der Waals surface area contributed by atoms with E-state index in [1.54, 1.807) is 34.1 Å². The van der Waals surface area contributed by atoms with Gasteiger partial charge in [-0.2, -0.15) is 0 Å². The van der Waals surface area contributed by atoms with Crippen molar-refractivity contribution in [2.75, 3.05) is 26.2 Å². The van der Waals surface area contributed by atoms with E-state index in [4.69, 9.17) is 17.3 Å². The highest BCUT2D eigenvalue weighted by molar-refractivity contribution is 6.30. The molecule has 2 N–H and O–H groups in total. The van der Waals surface area contributed by atoms with Gasteiger partial charge < -0.3 is 15.5 Å². The number of nitrogens with two attached hydrogens (primary N) is 1. The van der Waals surface area contributed by atoms with Crippen LogP contribution >= 0.6 is 24.0 Å². The van der Waals surface area contributed by atoms with Crippen molar-refractivity contribution in [1.29, 1.82) is 0 Å². The Kier molecular flexibility index (Phi) is 7.66. The van der Waals surface area contributed by atoms with Gasteiger partial charge in [-0.15, -0.1) is 12.4 Å². The predicted molar refractivity (Wildman–Crippen MR) is 109 cm³/mol. The first kappa shape index (κ1) is 21.2.